The fourth-order valence-electron chi connectivity index (χ4n) is 3.37. The normalized spacial score (nSPS) is 10.6. The van der Waals surface area contributed by atoms with E-state index in [-0.39, 0.29) is 12.1 Å². The average Bonchev–Trinajstić information content (AvgIpc) is 2.74. The van der Waals surface area contributed by atoms with Crippen LogP contribution in [0, 0.1) is 11.3 Å². The van der Waals surface area contributed by atoms with E-state index in [0.29, 0.717) is 17.7 Å². The SMILES string of the molecule is CCCCc1ccc(CN)c(=O)n1Cc1ccc(-c2ccccc2C#N)cc1. The number of aryl methyl sites for hydroxylation is 1. The van der Waals surface area contributed by atoms with E-state index in [1.807, 2.05) is 65.2 Å². The van der Waals surface area contributed by atoms with Crippen LogP contribution in [0.5, 0.6) is 0 Å². The second-order valence-electron chi connectivity index (χ2n) is 6.90. The Balaban J connectivity index is 1.92. The topological polar surface area (TPSA) is 71.8 Å². The fraction of sp³-hybridized carbons (Fsp3) is 0.250. The van der Waals surface area contributed by atoms with Crippen molar-refractivity contribution in [2.24, 2.45) is 5.73 Å². The lowest BCUT2D eigenvalue weighted by Crippen LogP contribution is -2.28. The summed E-state index contributed by atoms with van der Waals surface area (Å²) < 4.78 is 1.84. The summed E-state index contributed by atoms with van der Waals surface area (Å²) in [5.74, 6) is 0. The predicted octanol–water partition coefficient (Wildman–Crippen LogP) is 4.24. The number of rotatable bonds is 7. The highest BCUT2D eigenvalue weighted by atomic mass is 16.1. The van der Waals surface area contributed by atoms with Crippen molar-refractivity contribution in [3.8, 4) is 17.2 Å². The second kappa shape index (κ2) is 9.16. The van der Waals surface area contributed by atoms with Crippen molar-refractivity contribution in [1.82, 2.24) is 4.57 Å². The number of hydrogen-bond acceptors (Lipinski definition) is 3. The number of nitriles is 1. The molecule has 142 valence electrons. The first kappa shape index (κ1) is 19.6. The molecular formula is C24H25N3O. The molecule has 0 atom stereocenters. The standard InChI is InChI=1S/C24H25N3O/c1-2-3-7-22-14-13-21(16-26)24(28)27(22)17-18-9-11-19(12-10-18)23-8-5-4-6-20(23)15-25/h4-6,8-14H,2-3,7,16-17,26H2,1H3. The van der Waals surface area contributed by atoms with Crippen molar-refractivity contribution < 1.29 is 0 Å². The van der Waals surface area contributed by atoms with Crippen LogP contribution >= 0.6 is 0 Å². The summed E-state index contributed by atoms with van der Waals surface area (Å²) >= 11 is 0. The van der Waals surface area contributed by atoms with Crippen LogP contribution in [0.3, 0.4) is 0 Å². The van der Waals surface area contributed by atoms with Gasteiger partial charge in [0, 0.05) is 17.8 Å². The van der Waals surface area contributed by atoms with E-state index in [0.717, 1.165) is 41.6 Å². The molecule has 2 aromatic carbocycles. The number of nitrogens with zero attached hydrogens (tertiary/aromatic N) is 2. The van der Waals surface area contributed by atoms with E-state index in [9.17, 15) is 10.1 Å². The predicted molar refractivity (Wildman–Crippen MR) is 113 cm³/mol. The van der Waals surface area contributed by atoms with Crippen LogP contribution in [-0.4, -0.2) is 4.57 Å². The Morgan fingerprint density at radius 2 is 1.79 bits per heavy atom. The maximum Gasteiger partial charge on any atom is 0.255 e. The Hall–Kier alpha value is -3.16. The van der Waals surface area contributed by atoms with Crippen LogP contribution in [0.15, 0.2) is 65.5 Å². The maximum absolute atomic E-state index is 12.8. The summed E-state index contributed by atoms with van der Waals surface area (Å²) in [6.07, 6.45) is 3.01. The van der Waals surface area contributed by atoms with Gasteiger partial charge in [-0.3, -0.25) is 4.79 Å². The molecule has 0 bridgehead atoms. The number of pyridine rings is 1. The van der Waals surface area contributed by atoms with Crippen molar-refractivity contribution in [3.63, 3.8) is 0 Å². The van der Waals surface area contributed by atoms with Crippen LogP contribution in [0.1, 0.15) is 42.1 Å². The van der Waals surface area contributed by atoms with Gasteiger partial charge in [-0.2, -0.15) is 5.26 Å². The van der Waals surface area contributed by atoms with Crippen molar-refractivity contribution >= 4 is 0 Å². The maximum atomic E-state index is 12.8. The van der Waals surface area contributed by atoms with Crippen molar-refractivity contribution in [2.75, 3.05) is 0 Å². The van der Waals surface area contributed by atoms with E-state index >= 15 is 0 Å². The van der Waals surface area contributed by atoms with E-state index in [2.05, 4.69) is 13.0 Å². The fourth-order valence-corrected chi connectivity index (χ4v) is 3.37. The first-order valence-electron chi connectivity index (χ1n) is 9.68. The molecule has 1 aromatic heterocycles. The minimum Gasteiger partial charge on any atom is -0.326 e. The number of nitrogens with two attached hydrogens (primary N) is 1. The molecule has 2 N–H and O–H groups in total. The lowest BCUT2D eigenvalue weighted by molar-refractivity contribution is 0.659. The molecule has 0 saturated carbocycles. The molecule has 0 unspecified atom stereocenters. The number of aromatic nitrogens is 1. The van der Waals surface area contributed by atoms with Gasteiger partial charge in [-0.25, -0.2) is 0 Å². The van der Waals surface area contributed by atoms with Crippen molar-refractivity contribution in [1.29, 1.82) is 5.26 Å². The largest absolute Gasteiger partial charge is 0.326 e. The van der Waals surface area contributed by atoms with Gasteiger partial charge < -0.3 is 10.3 Å². The lowest BCUT2D eigenvalue weighted by Gasteiger charge is -2.15. The highest BCUT2D eigenvalue weighted by molar-refractivity contribution is 5.70. The van der Waals surface area contributed by atoms with E-state index in [1.54, 1.807) is 0 Å². The minimum atomic E-state index is -0.00462. The molecule has 0 amide bonds. The third-order valence-electron chi connectivity index (χ3n) is 5.00. The summed E-state index contributed by atoms with van der Waals surface area (Å²) in [6.45, 7) is 2.91. The molecular weight excluding hydrogens is 346 g/mol. The quantitative estimate of drug-likeness (QED) is 0.675. The molecule has 4 nitrogen and oxygen atoms in total. The second-order valence-corrected chi connectivity index (χ2v) is 6.90. The Labute approximate surface area is 165 Å². The molecule has 1 heterocycles. The molecule has 4 heteroatoms. The third-order valence-corrected chi connectivity index (χ3v) is 5.00. The first-order chi connectivity index (χ1) is 13.7. The van der Waals surface area contributed by atoms with Gasteiger partial charge in [-0.15, -0.1) is 0 Å². The van der Waals surface area contributed by atoms with Crippen molar-refractivity contribution in [2.45, 2.75) is 39.3 Å². The molecule has 0 spiro atoms. The zero-order valence-corrected chi connectivity index (χ0v) is 16.2. The molecule has 28 heavy (non-hydrogen) atoms. The molecule has 0 aliphatic heterocycles. The van der Waals surface area contributed by atoms with E-state index in [1.165, 1.54) is 0 Å². The van der Waals surface area contributed by atoms with E-state index in [4.69, 9.17) is 5.73 Å². The van der Waals surface area contributed by atoms with Gasteiger partial charge in [-0.05, 0) is 41.7 Å². The molecule has 0 radical (unpaired) electrons. The van der Waals surface area contributed by atoms with Gasteiger partial charge >= 0.3 is 0 Å². The van der Waals surface area contributed by atoms with Gasteiger partial charge in [0.25, 0.3) is 5.56 Å². The van der Waals surface area contributed by atoms with E-state index < -0.39 is 0 Å². The smallest absolute Gasteiger partial charge is 0.255 e. The zero-order valence-electron chi connectivity index (χ0n) is 16.2. The Bertz CT molecular complexity index is 1040. The highest BCUT2D eigenvalue weighted by Gasteiger charge is 2.10. The monoisotopic (exact) mass is 371 g/mol. The third kappa shape index (κ3) is 4.21. The highest BCUT2D eigenvalue weighted by Crippen LogP contribution is 2.23. The van der Waals surface area contributed by atoms with Crippen LogP contribution < -0.4 is 11.3 Å². The minimum absolute atomic E-state index is 0.00462. The van der Waals surface area contributed by atoms with Crippen LogP contribution in [0.25, 0.3) is 11.1 Å². The molecule has 0 aliphatic carbocycles. The zero-order chi connectivity index (χ0) is 19.9. The molecule has 0 fully saturated rings. The molecule has 0 aliphatic rings. The van der Waals surface area contributed by atoms with Crippen LogP contribution in [0.2, 0.25) is 0 Å². The summed E-state index contributed by atoms with van der Waals surface area (Å²) in [5.41, 5.74) is 11.0. The van der Waals surface area contributed by atoms with Crippen molar-refractivity contribution in [3.05, 3.63) is 93.4 Å². The molecule has 0 saturated heterocycles. The van der Waals surface area contributed by atoms with Gasteiger partial charge in [0.1, 0.15) is 0 Å². The number of benzene rings is 2. The van der Waals surface area contributed by atoms with Gasteiger partial charge in [-0.1, -0.05) is 61.9 Å². The Kier molecular flexibility index (Phi) is 6.41. The summed E-state index contributed by atoms with van der Waals surface area (Å²) in [6, 6.07) is 21.7. The summed E-state index contributed by atoms with van der Waals surface area (Å²) in [5, 5.41) is 9.31. The average molecular weight is 371 g/mol. The van der Waals surface area contributed by atoms with Crippen LogP contribution in [-0.2, 0) is 19.5 Å². The molecule has 3 rings (SSSR count). The lowest BCUT2D eigenvalue weighted by atomic mass is 9.99. The molecule has 3 aromatic rings. The Morgan fingerprint density at radius 3 is 2.46 bits per heavy atom. The van der Waals surface area contributed by atoms with Gasteiger partial charge in [0.05, 0.1) is 18.2 Å². The van der Waals surface area contributed by atoms with Gasteiger partial charge in [0.15, 0.2) is 0 Å². The van der Waals surface area contributed by atoms with Gasteiger partial charge in [0.2, 0.25) is 0 Å². The summed E-state index contributed by atoms with van der Waals surface area (Å²) in [4.78, 5) is 12.8. The first-order valence-corrected chi connectivity index (χ1v) is 9.68. The summed E-state index contributed by atoms with van der Waals surface area (Å²) in [7, 11) is 0. The number of hydrogen-bond donors (Lipinski definition) is 1. The van der Waals surface area contributed by atoms with Crippen LogP contribution in [0.4, 0.5) is 0 Å². The Morgan fingerprint density at radius 1 is 1.04 bits per heavy atom. The number of unbranched alkanes of at least 4 members (excludes halogenated alkanes) is 1.